The molecule has 0 amide bonds. The molecule has 0 radical (unpaired) electrons. The number of anilines is 1. The van der Waals surface area contributed by atoms with Crippen molar-refractivity contribution in [3.63, 3.8) is 0 Å². The van der Waals surface area contributed by atoms with Crippen LogP contribution < -0.4 is 5.73 Å². The van der Waals surface area contributed by atoms with Crippen LogP contribution in [0.15, 0.2) is 22.6 Å². The zero-order valence-corrected chi connectivity index (χ0v) is 12.2. The SMILES string of the molecule is CN(C)C1CCCN(Cc2nc3c(N)cccc3o2)C1. The van der Waals surface area contributed by atoms with E-state index in [1.165, 1.54) is 12.8 Å². The smallest absolute Gasteiger partial charge is 0.209 e. The normalized spacial score (nSPS) is 20.9. The third kappa shape index (κ3) is 2.64. The van der Waals surface area contributed by atoms with Crippen molar-refractivity contribution < 1.29 is 4.42 Å². The molecule has 1 unspecified atom stereocenters. The van der Waals surface area contributed by atoms with Gasteiger partial charge in [-0.2, -0.15) is 0 Å². The summed E-state index contributed by atoms with van der Waals surface area (Å²) >= 11 is 0. The Hall–Kier alpha value is -1.59. The highest BCUT2D eigenvalue weighted by Gasteiger charge is 2.22. The van der Waals surface area contributed by atoms with Crippen LogP contribution in [-0.2, 0) is 6.54 Å². The summed E-state index contributed by atoms with van der Waals surface area (Å²) in [7, 11) is 4.29. The summed E-state index contributed by atoms with van der Waals surface area (Å²) in [4.78, 5) is 9.24. The molecule has 5 heteroatoms. The van der Waals surface area contributed by atoms with Gasteiger partial charge in [0, 0.05) is 12.6 Å². The third-order valence-electron chi connectivity index (χ3n) is 4.06. The van der Waals surface area contributed by atoms with Crippen molar-refractivity contribution in [3.05, 3.63) is 24.1 Å². The van der Waals surface area contributed by atoms with Crippen LogP contribution in [0.2, 0.25) is 0 Å². The van der Waals surface area contributed by atoms with Gasteiger partial charge in [0.15, 0.2) is 5.58 Å². The number of aromatic nitrogens is 1. The summed E-state index contributed by atoms with van der Waals surface area (Å²) in [6.45, 7) is 2.94. The Labute approximate surface area is 119 Å². The molecule has 3 rings (SSSR count). The quantitative estimate of drug-likeness (QED) is 0.867. The molecule has 0 bridgehead atoms. The first-order valence-electron chi connectivity index (χ1n) is 7.16. The summed E-state index contributed by atoms with van der Waals surface area (Å²) in [5, 5.41) is 0. The fourth-order valence-corrected chi connectivity index (χ4v) is 2.87. The minimum Gasteiger partial charge on any atom is -0.439 e. The number of para-hydroxylation sites is 1. The number of piperidine rings is 1. The number of hydrogen-bond acceptors (Lipinski definition) is 5. The Kier molecular flexibility index (Phi) is 3.63. The molecule has 1 aliphatic rings. The highest BCUT2D eigenvalue weighted by atomic mass is 16.3. The zero-order chi connectivity index (χ0) is 14.1. The van der Waals surface area contributed by atoms with Gasteiger partial charge in [-0.1, -0.05) is 6.07 Å². The predicted octanol–water partition coefficient (Wildman–Crippen LogP) is 1.94. The Balaban J connectivity index is 1.74. The van der Waals surface area contributed by atoms with Crippen molar-refractivity contribution in [2.24, 2.45) is 0 Å². The molecular weight excluding hydrogens is 252 g/mol. The van der Waals surface area contributed by atoms with Crippen molar-refractivity contribution >= 4 is 16.8 Å². The third-order valence-corrected chi connectivity index (χ3v) is 4.06. The predicted molar refractivity (Wildman–Crippen MR) is 80.4 cm³/mol. The lowest BCUT2D eigenvalue weighted by Crippen LogP contribution is -2.44. The van der Waals surface area contributed by atoms with Crippen molar-refractivity contribution in [2.75, 3.05) is 32.9 Å². The summed E-state index contributed by atoms with van der Waals surface area (Å²) in [5.74, 6) is 0.761. The fraction of sp³-hybridized carbons (Fsp3) is 0.533. The van der Waals surface area contributed by atoms with Gasteiger partial charge in [0.05, 0.1) is 12.2 Å². The fourth-order valence-electron chi connectivity index (χ4n) is 2.87. The van der Waals surface area contributed by atoms with Crippen LogP contribution in [0.5, 0.6) is 0 Å². The van der Waals surface area contributed by atoms with E-state index < -0.39 is 0 Å². The Bertz CT molecular complexity index is 593. The number of nitrogens with two attached hydrogens (primary N) is 1. The molecular formula is C15H22N4O. The topological polar surface area (TPSA) is 58.5 Å². The number of oxazole rings is 1. The van der Waals surface area contributed by atoms with Gasteiger partial charge in [-0.25, -0.2) is 4.98 Å². The number of nitrogens with zero attached hydrogens (tertiary/aromatic N) is 3. The Morgan fingerprint density at radius 3 is 3.05 bits per heavy atom. The number of likely N-dealkylation sites (N-methyl/N-ethyl adjacent to an activating group) is 1. The van der Waals surface area contributed by atoms with Gasteiger partial charge >= 0.3 is 0 Å². The number of hydrogen-bond donors (Lipinski definition) is 1. The minimum absolute atomic E-state index is 0.623. The Morgan fingerprint density at radius 2 is 2.30 bits per heavy atom. The van der Waals surface area contributed by atoms with Crippen LogP contribution in [0.4, 0.5) is 5.69 Å². The Morgan fingerprint density at radius 1 is 1.45 bits per heavy atom. The second-order valence-electron chi connectivity index (χ2n) is 5.80. The van der Waals surface area contributed by atoms with Crippen LogP contribution >= 0.6 is 0 Å². The summed E-state index contributed by atoms with van der Waals surface area (Å²) in [6, 6.07) is 6.30. The first-order valence-corrected chi connectivity index (χ1v) is 7.16. The van der Waals surface area contributed by atoms with Gasteiger partial charge in [0.1, 0.15) is 5.52 Å². The second-order valence-corrected chi connectivity index (χ2v) is 5.80. The second kappa shape index (κ2) is 5.42. The van der Waals surface area contributed by atoms with E-state index in [4.69, 9.17) is 10.2 Å². The summed E-state index contributed by atoms with van der Waals surface area (Å²) < 4.78 is 5.80. The first-order chi connectivity index (χ1) is 9.63. The molecule has 1 aromatic heterocycles. The number of likely N-dealkylation sites (tertiary alicyclic amines) is 1. The molecule has 0 saturated carbocycles. The standard InChI is InChI=1S/C15H22N4O/c1-18(2)11-5-4-8-19(9-11)10-14-17-15-12(16)6-3-7-13(15)20-14/h3,6-7,11H,4-5,8-10,16H2,1-2H3. The number of fused-ring (bicyclic) bond motifs is 1. The molecule has 5 nitrogen and oxygen atoms in total. The molecule has 2 heterocycles. The summed E-state index contributed by atoms with van der Waals surface area (Å²) in [6.07, 6.45) is 2.50. The van der Waals surface area contributed by atoms with Crippen molar-refractivity contribution in [1.82, 2.24) is 14.8 Å². The maximum absolute atomic E-state index is 5.92. The van der Waals surface area contributed by atoms with Gasteiger partial charge < -0.3 is 15.1 Å². The molecule has 1 aliphatic heterocycles. The van der Waals surface area contributed by atoms with Crippen molar-refractivity contribution in [1.29, 1.82) is 0 Å². The number of benzene rings is 1. The van der Waals surface area contributed by atoms with E-state index in [1.54, 1.807) is 0 Å². The van der Waals surface area contributed by atoms with Gasteiger partial charge in [0.25, 0.3) is 0 Å². The number of rotatable bonds is 3. The molecule has 20 heavy (non-hydrogen) atoms. The average molecular weight is 274 g/mol. The number of nitrogen functional groups attached to an aromatic ring is 1. The molecule has 1 fully saturated rings. The van der Waals surface area contributed by atoms with E-state index >= 15 is 0 Å². The van der Waals surface area contributed by atoms with Crippen LogP contribution in [0.3, 0.4) is 0 Å². The average Bonchev–Trinajstić information content (AvgIpc) is 2.83. The first kappa shape index (κ1) is 13.4. The van der Waals surface area contributed by atoms with E-state index in [1.807, 2.05) is 18.2 Å². The molecule has 0 aliphatic carbocycles. The lowest BCUT2D eigenvalue weighted by molar-refractivity contribution is 0.120. The maximum atomic E-state index is 5.92. The van der Waals surface area contributed by atoms with Gasteiger partial charge in [0.2, 0.25) is 5.89 Å². The maximum Gasteiger partial charge on any atom is 0.209 e. The molecule has 1 saturated heterocycles. The van der Waals surface area contributed by atoms with Crippen molar-refractivity contribution in [3.8, 4) is 0 Å². The molecule has 0 spiro atoms. The van der Waals surface area contributed by atoms with E-state index in [9.17, 15) is 0 Å². The highest BCUT2D eigenvalue weighted by molar-refractivity contribution is 5.85. The van der Waals surface area contributed by atoms with E-state index in [0.29, 0.717) is 11.7 Å². The largest absolute Gasteiger partial charge is 0.439 e. The minimum atomic E-state index is 0.623. The van der Waals surface area contributed by atoms with Gasteiger partial charge in [-0.3, -0.25) is 4.90 Å². The van der Waals surface area contributed by atoms with Crippen molar-refractivity contribution in [2.45, 2.75) is 25.4 Å². The highest BCUT2D eigenvalue weighted by Crippen LogP contribution is 2.23. The van der Waals surface area contributed by atoms with Gasteiger partial charge in [-0.05, 0) is 45.6 Å². The summed E-state index contributed by atoms with van der Waals surface area (Å²) in [5.41, 5.74) is 8.16. The molecule has 1 atom stereocenters. The lowest BCUT2D eigenvalue weighted by Gasteiger charge is -2.35. The van der Waals surface area contributed by atoms with E-state index in [2.05, 4.69) is 28.9 Å². The molecule has 1 aromatic carbocycles. The molecule has 108 valence electrons. The lowest BCUT2D eigenvalue weighted by atomic mass is 10.1. The van der Waals surface area contributed by atoms with E-state index in [0.717, 1.165) is 36.6 Å². The van der Waals surface area contributed by atoms with Gasteiger partial charge in [-0.15, -0.1) is 0 Å². The van der Waals surface area contributed by atoms with Crippen LogP contribution in [0, 0.1) is 0 Å². The monoisotopic (exact) mass is 274 g/mol. The van der Waals surface area contributed by atoms with Crippen LogP contribution in [0.25, 0.3) is 11.1 Å². The molecule has 2 aromatic rings. The van der Waals surface area contributed by atoms with Crippen LogP contribution in [-0.4, -0.2) is 48.0 Å². The van der Waals surface area contributed by atoms with Crippen LogP contribution in [0.1, 0.15) is 18.7 Å². The molecule has 2 N–H and O–H groups in total. The zero-order valence-electron chi connectivity index (χ0n) is 12.2. The van der Waals surface area contributed by atoms with E-state index in [-0.39, 0.29) is 0 Å².